The van der Waals surface area contributed by atoms with E-state index in [0.29, 0.717) is 23.6 Å². The van der Waals surface area contributed by atoms with E-state index >= 15 is 0 Å². The van der Waals surface area contributed by atoms with Crippen LogP contribution in [0.15, 0.2) is 162 Å². The number of hydrogen-bond acceptors (Lipinski definition) is 4. The minimum Gasteiger partial charge on any atom is -0.489 e. The molecule has 6 aromatic rings. The van der Waals surface area contributed by atoms with Crippen LogP contribution in [0, 0.1) is 0 Å². The highest BCUT2D eigenvalue weighted by Gasteiger charge is 2.32. The third-order valence-corrected chi connectivity index (χ3v) is 7.34. The monoisotopic (exact) mass is 572 g/mol. The van der Waals surface area contributed by atoms with Crippen molar-refractivity contribution in [2.24, 2.45) is 5.10 Å². The molecule has 212 valence electrons. The van der Waals surface area contributed by atoms with Gasteiger partial charge in [0.1, 0.15) is 23.8 Å². The Morgan fingerprint density at radius 1 is 0.659 bits per heavy atom. The van der Waals surface area contributed by atoms with E-state index in [9.17, 15) is 4.79 Å². The Balaban J connectivity index is 1.32. The molecule has 0 fully saturated rings. The Labute approximate surface area is 255 Å². The summed E-state index contributed by atoms with van der Waals surface area (Å²) >= 11 is 0. The van der Waals surface area contributed by atoms with E-state index in [1.165, 1.54) is 5.01 Å². The van der Waals surface area contributed by atoms with Crippen molar-refractivity contribution >= 4 is 23.4 Å². The maximum atomic E-state index is 14.0. The molecule has 0 radical (unpaired) electrons. The smallest absolute Gasteiger partial charge is 0.281 e. The highest BCUT2D eigenvalue weighted by Crippen LogP contribution is 2.32. The van der Waals surface area contributed by atoms with E-state index in [-0.39, 0.29) is 5.91 Å². The number of anilines is 1. The van der Waals surface area contributed by atoms with Crippen LogP contribution in [-0.2, 0) is 11.4 Å². The second kappa shape index (κ2) is 12.1. The number of nitrogens with zero attached hydrogens (tertiary/aromatic N) is 4. The number of carbonyl (C=O) groups excluding carboxylic acids is 1. The van der Waals surface area contributed by atoms with Gasteiger partial charge in [0.2, 0.25) is 0 Å². The first-order chi connectivity index (χ1) is 21.7. The summed E-state index contributed by atoms with van der Waals surface area (Å²) in [5.74, 6) is 0.534. The molecule has 0 atom stereocenters. The van der Waals surface area contributed by atoms with Crippen molar-refractivity contribution in [2.75, 3.05) is 5.01 Å². The van der Waals surface area contributed by atoms with Crippen LogP contribution in [0.3, 0.4) is 0 Å². The summed E-state index contributed by atoms with van der Waals surface area (Å²) in [7, 11) is 0. The van der Waals surface area contributed by atoms with Crippen molar-refractivity contribution in [3.8, 4) is 22.7 Å². The number of aromatic nitrogens is 2. The molecule has 1 aliphatic heterocycles. The van der Waals surface area contributed by atoms with Crippen molar-refractivity contribution in [2.45, 2.75) is 6.61 Å². The van der Waals surface area contributed by atoms with Gasteiger partial charge in [-0.3, -0.25) is 4.79 Å². The van der Waals surface area contributed by atoms with E-state index in [1.54, 1.807) is 0 Å². The fourth-order valence-corrected chi connectivity index (χ4v) is 5.16. The Hall–Kier alpha value is -6.01. The molecule has 6 nitrogen and oxygen atoms in total. The second-order valence-corrected chi connectivity index (χ2v) is 10.3. The van der Waals surface area contributed by atoms with Crippen LogP contribution in [0.1, 0.15) is 16.7 Å². The van der Waals surface area contributed by atoms with Crippen molar-refractivity contribution in [1.82, 2.24) is 9.78 Å². The van der Waals surface area contributed by atoms with Crippen LogP contribution < -0.4 is 9.75 Å². The van der Waals surface area contributed by atoms with Gasteiger partial charge in [-0.25, -0.2) is 4.68 Å². The minimum atomic E-state index is -0.201. The van der Waals surface area contributed by atoms with Crippen LogP contribution in [0.5, 0.6) is 5.75 Å². The molecule has 1 amide bonds. The molecule has 0 N–H and O–H groups in total. The maximum absolute atomic E-state index is 14.0. The third-order valence-electron chi connectivity index (χ3n) is 7.34. The third kappa shape index (κ3) is 5.56. The number of rotatable bonds is 8. The summed E-state index contributed by atoms with van der Waals surface area (Å²) in [4.78, 5) is 14.0. The number of hydrogen-bond donors (Lipinski definition) is 0. The van der Waals surface area contributed by atoms with Crippen LogP contribution in [0.4, 0.5) is 5.69 Å². The highest BCUT2D eigenvalue weighted by molar-refractivity contribution is 6.37. The van der Waals surface area contributed by atoms with E-state index in [2.05, 4.69) is 0 Å². The largest absolute Gasteiger partial charge is 0.489 e. The molecule has 44 heavy (non-hydrogen) atoms. The first kappa shape index (κ1) is 26.9. The van der Waals surface area contributed by atoms with Gasteiger partial charge < -0.3 is 4.74 Å². The number of hydrazone groups is 1. The SMILES string of the molecule is O=C1/C(=C\c2cn(-c3ccccc3)nc2-c2cccc(OCc3ccccc3)c2)C(c2ccccc2)=NN1c1ccccc1. The van der Waals surface area contributed by atoms with Gasteiger partial charge in [0.15, 0.2) is 0 Å². The Kier molecular flexibility index (Phi) is 7.37. The zero-order valence-electron chi connectivity index (χ0n) is 23.8. The highest BCUT2D eigenvalue weighted by atomic mass is 16.5. The molecule has 0 bridgehead atoms. The Morgan fingerprint density at radius 3 is 1.98 bits per heavy atom. The molecule has 1 aromatic heterocycles. The molecular formula is C38H28N4O2. The van der Waals surface area contributed by atoms with Crippen LogP contribution in [0.2, 0.25) is 0 Å². The van der Waals surface area contributed by atoms with E-state index in [1.807, 2.05) is 163 Å². The Bertz CT molecular complexity index is 1970. The van der Waals surface area contributed by atoms with Crippen LogP contribution in [0.25, 0.3) is 23.0 Å². The maximum Gasteiger partial charge on any atom is 0.281 e. The van der Waals surface area contributed by atoms with Gasteiger partial charge in [0.05, 0.1) is 16.9 Å². The lowest BCUT2D eigenvalue weighted by Crippen LogP contribution is -2.21. The lowest BCUT2D eigenvalue weighted by Gasteiger charge is -2.11. The zero-order chi connectivity index (χ0) is 29.7. The molecule has 0 unspecified atom stereocenters. The number of benzene rings is 5. The van der Waals surface area contributed by atoms with Gasteiger partial charge in [-0.05, 0) is 48.0 Å². The van der Waals surface area contributed by atoms with E-state index < -0.39 is 0 Å². The summed E-state index contributed by atoms with van der Waals surface area (Å²) < 4.78 is 7.98. The van der Waals surface area contributed by atoms with Crippen molar-refractivity contribution in [3.05, 3.63) is 174 Å². The van der Waals surface area contributed by atoms with Gasteiger partial charge in [-0.15, -0.1) is 0 Å². The molecule has 0 saturated heterocycles. The number of carbonyl (C=O) groups is 1. The summed E-state index contributed by atoms with van der Waals surface area (Å²) in [6, 6.07) is 47.2. The fraction of sp³-hybridized carbons (Fsp3) is 0.0263. The molecule has 1 aliphatic rings. The molecule has 2 heterocycles. The summed E-state index contributed by atoms with van der Waals surface area (Å²) in [6.07, 6.45) is 3.85. The number of ether oxygens (including phenoxy) is 1. The van der Waals surface area contributed by atoms with E-state index in [4.69, 9.17) is 14.9 Å². The summed E-state index contributed by atoms with van der Waals surface area (Å²) in [5, 5.41) is 11.3. The van der Waals surface area contributed by atoms with Crippen LogP contribution >= 0.6 is 0 Å². The predicted molar refractivity (Wildman–Crippen MR) is 175 cm³/mol. The standard InChI is InChI=1S/C38H28N4O2/c43-38-35(37(29-16-7-2-8-17-29)40-42(38)33-21-11-4-12-22-33)25-31-26-41(32-19-9-3-10-20-32)39-36(31)30-18-13-23-34(24-30)44-27-28-14-5-1-6-15-28/h1-26H,27H2/b35-25-. The van der Waals surface area contributed by atoms with Gasteiger partial charge in [0.25, 0.3) is 5.91 Å². The average molecular weight is 573 g/mol. The van der Waals surface area contributed by atoms with Gasteiger partial charge >= 0.3 is 0 Å². The normalized spacial score (nSPS) is 13.7. The van der Waals surface area contributed by atoms with Crippen molar-refractivity contribution in [1.29, 1.82) is 0 Å². The first-order valence-corrected chi connectivity index (χ1v) is 14.4. The fourth-order valence-electron chi connectivity index (χ4n) is 5.16. The molecule has 5 aromatic carbocycles. The first-order valence-electron chi connectivity index (χ1n) is 14.4. The van der Waals surface area contributed by atoms with Crippen molar-refractivity contribution in [3.63, 3.8) is 0 Å². The molecule has 0 aliphatic carbocycles. The molecule has 6 heteroatoms. The summed E-state index contributed by atoms with van der Waals surface area (Å²) in [6.45, 7) is 0.459. The van der Waals surface area contributed by atoms with Gasteiger partial charge in [0, 0.05) is 22.9 Å². The zero-order valence-corrected chi connectivity index (χ0v) is 23.8. The molecule has 0 spiro atoms. The van der Waals surface area contributed by atoms with E-state index in [0.717, 1.165) is 39.4 Å². The minimum absolute atomic E-state index is 0.201. The molecule has 0 saturated carbocycles. The lowest BCUT2D eigenvalue weighted by molar-refractivity contribution is -0.114. The van der Waals surface area contributed by atoms with Gasteiger partial charge in [-0.2, -0.15) is 15.2 Å². The topological polar surface area (TPSA) is 59.7 Å². The average Bonchev–Trinajstić information content (AvgIpc) is 3.67. The second-order valence-electron chi connectivity index (χ2n) is 10.3. The van der Waals surface area contributed by atoms with Crippen molar-refractivity contribution < 1.29 is 9.53 Å². The number of amides is 1. The predicted octanol–water partition coefficient (Wildman–Crippen LogP) is 7.95. The molecule has 7 rings (SSSR count). The van der Waals surface area contributed by atoms with Crippen LogP contribution in [-0.4, -0.2) is 21.4 Å². The molecular weight excluding hydrogens is 544 g/mol. The lowest BCUT2D eigenvalue weighted by atomic mass is 9.99. The quantitative estimate of drug-likeness (QED) is 0.174. The Morgan fingerprint density at radius 2 is 1.27 bits per heavy atom. The summed E-state index contributed by atoms with van der Waals surface area (Å²) in [5.41, 5.74) is 7.06. The number of para-hydroxylation sites is 2. The van der Waals surface area contributed by atoms with Gasteiger partial charge in [-0.1, -0.05) is 109 Å².